The van der Waals surface area contributed by atoms with Crippen LogP contribution in [-0.4, -0.2) is 73.6 Å². The topological polar surface area (TPSA) is 173 Å². The van der Waals surface area contributed by atoms with Crippen LogP contribution in [0.1, 0.15) is 35.6 Å². The molecule has 0 spiro atoms. The molecule has 2 N–H and O–H groups in total. The summed E-state index contributed by atoms with van der Waals surface area (Å²) in [5, 5.41) is 5.40. The van der Waals surface area contributed by atoms with Gasteiger partial charge in [0.05, 0.1) is 19.8 Å². The van der Waals surface area contributed by atoms with Crippen LogP contribution in [0.5, 0.6) is 0 Å². The lowest BCUT2D eigenvalue weighted by Gasteiger charge is -2.53. The normalized spacial score (nSPS) is 22.3. The number of hydrogen-bond acceptors (Lipinski definition) is 11. The molecule has 3 saturated heterocycles. The van der Waals surface area contributed by atoms with Crippen LogP contribution in [0.25, 0.3) is 0 Å². The number of ether oxygens (including phenoxy) is 7. The van der Waals surface area contributed by atoms with E-state index in [9.17, 15) is 19.2 Å². The first-order valence-corrected chi connectivity index (χ1v) is 19.3. The zero-order chi connectivity index (χ0) is 41.1. The van der Waals surface area contributed by atoms with Crippen molar-refractivity contribution >= 4 is 30.3 Å². The fourth-order valence-corrected chi connectivity index (χ4v) is 6.71. The van der Waals surface area contributed by atoms with E-state index in [4.69, 9.17) is 33.2 Å². The number of alkyl carbamates (subject to hydrolysis) is 2. The lowest BCUT2D eigenvalue weighted by molar-refractivity contribution is -0.475. The molecule has 0 radical (unpaired) electrons. The smallest absolute Gasteiger partial charge is 0.437 e. The number of carbonyl (C=O) groups is 4. The molecule has 4 amide bonds. The molecule has 0 aromatic heterocycles. The SMILES string of the molecule is CC12COC([C@@H](NC(=O)OCc3ccccc3)[C@@H]3C[C@H]3CN(C(=O)OCc3ccccc3)/C(=N/C(=O)OCc3ccccc3)NC(=O)OCc3ccccc3)(OC1)OC2. The van der Waals surface area contributed by atoms with Crippen LogP contribution in [-0.2, 0) is 59.6 Å². The standard InChI is InChI=1S/C44H46N4O11/c1-43-28-57-44(58-29-43,59-30-43)37(45-39(49)53-24-31-14-6-2-7-15-31)36-22-35(36)23-48(42(52)56-27-34-20-12-5-13-21-34)38(46-40(50)54-25-32-16-8-3-9-17-32)47-41(51)55-26-33-18-10-4-11-19-33/h2-21,35-37H,22-30H2,1H3,(H,45,49)(H,46,47,50,51)/t35-,36+,37-,43?,44?/m0/s1. The third-order valence-electron chi connectivity index (χ3n) is 10.1. The van der Waals surface area contributed by atoms with E-state index < -0.39 is 48.3 Å². The molecule has 1 saturated carbocycles. The Bertz CT molecular complexity index is 2050. The highest BCUT2D eigenvalue weighted by molar-refractivity contribution is 6.04. The first-order valence-electron chi connectivity index (χ1n) is 19.3. The molecular formula is C44H46N4O11. The Morgan fingerprint density at radius 1 is 0.661 bits per heavy atom. The summed E-state index contributed by atoms with van der Waals surface area (Å²) in [6, 6.07) is 35.3. The second kappa shape index (κ2) is 19.0. The Labute approximate surface area is 341 Å². The second-order valence-corrected chi connectivity index (χ2v) is 14.9. The van der Waals surface area contributed by atoms with Gasteiger partial charge >= 0.3 is 30.3 Å². The first kappa shape index (κ1) is 40.9. The molecule has 2 bridgehead atoms. The van der Waals surface area contributed by atoms with Crippen LogP contribution in [0.15, 0.2) is 126 Å². The summed E-state index contributed by atoms with van der Waals surface area (Å²) in [5.41, 5.74) is 2.55. The van der Waals surface area contributed by atoms with Gasteiger partial charge in [-0.25, -0.2) is 24.1 Å². The summed E-state index contributed by atoms with van der Waals surface area (Å²) in [6.07, 6.45) is -3.27. The summed E-state index contributed by atoms with van der Waals surface area (Å²) < 4.78 is 40.7. The van der Waals surface area contributed by atoms with Gasteiger partial charge in [-0.15, -0.1) is 4.99 Å². The summed E-state index contributed by atoms with van der Waals surface area (Å²) in [4.78, 5) is 59.1. The zero-order valence-corrected chi connectivity index (χ0v) is 32.5. The van der Waals surface area contributed by atoms with Gasteiger partial charge < -0.3 is 38.5 Å². The molecule has 3 aliphatic heterocycles. The van der Waals surface area contributed by atoms with E-state index in [1.54, 1.807) is 72.8 Å². The fourth-order valence-electron chi connectivity index (χ4n) is 6.71. The molecule has 0 unspecified atom stereocenters. The van der Waals surface area contributed by atoms with Gasteiger partial charge in [-0.2, -0.15) is 0 Å². The van der Waals surface area contributed by atoms with E-state index in [1.165, 1.54) is 0 Å². The first-order chi connectivity index (χ1) is 28.7. The van der Waals surface area contributed by atoms with Crippen molar-refractivity contribution in [1.82, 2.24) is 15.5 Å². The largest absolute Gasteiger partial charge is 0.445 e. The van der Waals surface area contributed by atoms with Crippen LogP contribution < -0.4 is 10.6 Å². The molecule has 3 atom stereocenters. The Balaban J connectivity index is 1.13. The molecule has 15 heteroatoms. The highest BCUT2D eigenvalue weighted by Gasteiger charge is 2.62. The minimum absolute atomic E-state index is 0.0222. The second-order valence-electron chi connectivity index (χ2n) is 14.9. The number of aliphatic imine (C=N–C) groups is 1. The number of benzene rings is 4. The maximum atomic E-state index is 14.1. The number of nitrogens with one attached hydrogen (secondary N) is 2. The van der Waals surface area contributed by atoms with Crippen molar-refractivity contribution in [2.45, 2.75) is 51.8 Å². The molecule has 4 aromatic carbocycles. The van der Waals surface area contributed by atoms with Crippen LogP contribution in [0.2, 0.25) is 0 Å². The number of guanidine groups is 1. The van der Waals surface area contributed by atoms with Gasteiger partial charge in [-0.3, -0.25) is 5.32 Å². The van der Waals surface area contributed by atoms with Gasteiger partial charge in [0.1, 0.15) is 32.5 Å². The van der Waals surface area contributed by atoms with Crippen LogP contribution in [0.4, 0.5) is 19.2 Å². The monoisotopic (exact) mass is 806 g/mol. The van der Waals surface area contributed by atoms with Crippen molar-refractivity contribution in [2.24, 2.45) is 22.2 Å². The number of amides is 4. The minimum atomic E-state index is -1.63. The van der Waals surface area contributed by atoms with Gasteiger partial charge in [0, 0.05) is 12.0 Å². The van der Waals surface area contributed by atoms with Crippen molar-refractivity contribution in [3.05, 3.63) is 144 Å². The average molecular weight is 807 g/mol. The van der Waals surface area contributed by atoms with Gasteiger partial charge in [0.25, 0.3) is 0 Å². The Morgan fingerprint density at radius 3 is 1.59 bits per heavy atom. The molecular weight excluding hydrogens is 761 g/mol. The fraction of sp³-hybridized carbons (Fsp3) is 0.341. The summed E-state index contributed by atoms with van der Waals surface area (Å²) in [6.45, 7) is 2.52. The number of carbonyl (C=O) groups excluding carboxylic acids is 4. The van der Waals surface area contributed by atoms with Crippen LogP contribution in [0.3, 0.4) is 0 Å². The number of nitrogens with zero attached hydrogens (tertiary/aromatic N) is 2. The van der Waals surface area contributed by atoms with Gasteiger partial charge in [-0.05, 0) is 40.5 Å². The molecule has 4 aliphatic rings. The molecule has 1 aliphatic carbocycles. The zero-order valence-electron chi connectivity index (χ0n) is 32.5. The maximum absolute atomic E-state index is 14.1. The van der Waals surface area contributed by atoms with E-state index in [0.717, 1.165) is 10.5 Å². The quantitative estimate of drug-likeness (QED) is 0.0817. The van der Waals surface area contributed by atoms with Crippen molar-refractivity contribution in [3.63, 3.8) is 0 Å². The van der Waals surface area contributed by atoms with Crippen molar-refractivity contribution in [3.8, 4) is 0 Å². The molecule has 3 heterocycles. The van der Waals surface area contributed by atoms with E-state index in [0.29, 0.717) is 42.9 Å². The van der Waals surface area contributed by atoms with Gasteiger partial charge in [0.2, 0.25) is 5.96 Å². The molecule has 308 valence electrons. The predicted molar refractivity (Wildman–Crippen MR) is 211 cm³/mol. The predicted octanol–water partition coefficient (Wildman–Crippen LogP) is 6.91. The van der Waals surface area contributed by atoms with Crippen molar-refractivity contribution in [1.29, 1.82) is 0 Å². The van der Waals surface area contributed by atoms with Gasteiger partial charge in [-0.1, -0.05) is 128 Å². The number of hydrogen-bond donors (Lipinski definition) is 2. The van der Waals surface area contributed by atoms with E-state index in [1.807, 2.05) is 55.5 Å². The minimum Gasteiger partial charge on any atom is -0.445 e. The van der Waals surface area contributed by atoms with E-state index in [2.05, 4.69) is 15.6 Å². The molecule has 4 fully saturated rings. The highest BCUT2D eigenvalue weighted by Crippen LogP contribution is 2.50. The molecule has 4 aromatic rings. The summed E-state index contributed by atoms with van der Waals surface area (Å²) in [5.74, 6) is -2.89. The third kappa shape index (κ3) is 11.2. The Hall–Kier alpha value is -6.29. The van der Waals surface area contributed by atoms with E-state index in [-0.39, 0.29) is 44.3 Å². The molecule has 15 nitrogen and oxygen atoms in total. The van der Waals surface area contributed by atoms with E-state index >= 15 is 0 Å². The maximum Gasteiger partial charge on any atom is 0.437 e. The van der Waals surface area contributed by atoms with Crippen LogP contribution in [0, 0.1) is 17.3 Å². The third-order valence-corrected chi connectivity index (χ3v) is 10.1. The molecule has 8 rings (SSSR count). The van der Waals surface area contributed by atoms with Crippen LogP contribution >= 0.6 is 0 Å². The lowest BCUT2D eigenvalue weighted by Crippen LogP contribution is -2.68. The number of rotatable bonds is 13. The van der Waals surface area contributed by atoms with Gasteiger partial charge in [0.15, 0.2) is 0 Å². The average Bonchev–Trinajstić information content (AvgIpc) is 4.04. The Morgan fingerprint density at radius 2 is 1.10 bits per heavy atom. The van der Waals surface area contributed by atoms with Crippen molar-refractivity contribution < 1.29 is 52.3 Å². The lowest BCUT2D eigenvalue weighted by atomic mass is 9.90. The Kier molecular flexibility index (Phi) is 13.2. The molecule has 59 heavy (non-hydrogen) atoms. The number of fused-ring (bicyclic) bond motifs is 3. The van der Waals surface area contributed by atoms with Crippen molar-refractivity contribution in [2.75, 3.05) is 26.4 Å². The summed E-state index contributed by atoms with van der Waals surface area (Å²) >= 11 is 0. The highest BCUT2D eigenvalue weighted by atomic mass is 16.9. The summed E-state index contributed by atoms with van der Waals surface area (Å²) in [7, 11) is 0.